The lowest BCUT2D eigenvalue weighted by Gasteiger charge is -2.34. The molecule has 0 aromatic carbocycles. The van der Waals surface area contributed by atoms with E-state index in [0.29, 0.717) is 0 Å². The fourth-order valence-corrected chi connectivity index (χ4v) is 3.62. The molecule has 4 heteroatoms. The van der Waals surface area contributed by atoms with Gasteiger partial charge in [0.1, 0.15) is 0 Å². The van der Waals surface area contributed by atoms with Crippen LogP contribution in [0.3, 0.4) is 0 Å². The molecule has 2 atom stereocenters. The number of rotatable bonds is 2. The Morgan fingerprint density at radius 3 is 3.06 bits per heavy atom. The smallest absolute Gasteiger partial charge is 0.0328 e. The molecule has 2 aliphatic heterocycles. The van der Waals surface area contributed by atoms with Crippen LogP contribution in [0.15, 0.2) is 17.5 Å². The molecule has 90 valence electrons. The van der Waals surface area contributed by atoms with Crippen LogP contribution in [0.1, 0.15) is 11.3 Å². The molecule has 2 saturated heterocycles. The Labute approximate surface area is 107 Å². The summed E-state index contributed by atoms with van der Waals surface area (Å²) in [5, 5.41) is 5.70. The molecule has 1 N–H and O–H groups in total. The maximum absolute atomic E-state index is 3.52. The second kappa shape index (κ2) is 5.50. The molecule has 1 aromatic rings. The summed E-state index contributed by atoms with van der Waals surface area (Å²) < 4.78 is 0. The Morgan fingerprint density at radius 1 is 1.38 bits per heavy atom. The summed E-state index contributed by atoms with van der Waals surface area (Å²) in [7, 11) is 0. The lowest BCUT2D eigenvalue weighted by atomic mass is 9.89. The van der Waals surface area contributed by atoms with Crippen molar-refractivity contribution in [2.24, 2.45) is 11.8 Å². The summed E-state index contributed by atoms with van der Waals surface area (Å²) in [6, 6.07) is 4.41. The fraction of sp³-hybridized carbons (Fsp3) is 0.667. The highest BCUT2D eigenvalue weighted by molar-refractivity contribution is 7.09. The zero-order chi connectivity index (χ0) is 10.1. The first-order chi connectivity index (χ1) is 7.42. The number of nitrogens with zero attached hydrogens (tertiary/aromatic N) is 1. The SMILES string of the molecule is Cl.c1csc(CN2CCC3CNCC3C2)c1. The minimum atomic E-state index is 0. The molecule has 0 radical (unpaired) electrons. The van der Waals surface area contributed by atoms with E-state index >= 15 is 0 Å². The number of halogens is 1. The quantitative estimate of drug-likeness (QED) is 0.875. The van der Waals surface area contributed by atoms with Crippen LogP contribution in [-0.2, 0) is 6.54 Å². The highest BCUT2D eigenvalue weighted by Gasteiger charge is 2.32. The Kier molecular flexibility index (Phi) is 4.25. The Morgan fingerprint density at radius 2 is 2.25 bits per heavy atom. The molecule has 3 heterocycles. The average molecular weight is 259 g/mol. The molecule has 2 nitrogen and oxygen atoms in total. The predicted molar refractivity (Wildman–Crippen MR) is 71.3 cm³/mol. The van der Waals surface area contributed by atoms with Crippen molar-refractivity contribution in [3.63, 3.8) is 0 Å². The summed E-state index contributed by atoms with van der Waals surface area (Å²) in [5.41, 5.74) is 0. The van der Waals surface area contributed by atoms with Crippen LogP contribution < -0.4 is 5.32 Å². The van der Waals surface area contributed by atoms with Crippen molar-refractivity contribution >= 4 is 23.7 Å². The third-order valence-electron chi connectivity index (χ3n) is 3.75. The second-order valence-corrected chi connectivity index (χ2v) is 5.81. The molecule has 0 amide bonds. The summed E-state index contributed by atoms with van der Waals surface area (Å²) in [4.78, 5) is 4.14. The van der Waals surface area contributed by atoms with Gasteiger partial charge in [-0.25, -0.2) is 0 Å². The van der Waals surface area contributed by atoms with Crippen LogP contribution in [0.2, 0.25) is 0 Å². The lowest BCUT2D eigenvalue weighted by Crippen LogP contribution is -2.39. The van der Waals surface area contributed by atoms with Gasteiger partial charge in [0.15, 0.2) is 0 Å². The first-order valence-corrected chi connectivity index (χ1v) is 6.75. The first kappa shape index (κ1) is 12.4. The molecule has 2 unspecified atom stereocenters. The van der Waals surface area contributed by atoms with E-state index in [9.17, 15) is 0 Å². The van der Waals surface area contributed by atoms with Gasteiger partial charge in [0, 0.05) is 18.0 Å². The van der Waals surface area contributed by atoms with Gasteiger partial charge in [-0.15, -0.1) is 23.7 Å². The number of hydrogen-bond donors (Lipinski definition) is 1. The summed E-state index contributed by atoms with van der Waals surface area (Å²) >= 11 is 1.88. The number of hydrogen-bond acceptors (Lipinski definition) is 3. The lowest BCUT2D eigenvalue weighted by molar-refractivity contribution is 0.143. The second-order valence-electron chi connectivity index (χ2n) is 4.78. The molecular formula is C12H19ClN2S. The van der Waals surface area contributed by atoms with E-state index in [2.05, 4.69) is 27.7 Å². The molecule has 1 aromatic heterocycles. The van der Waals surface area contributed by atoms with Gasteiger partial charge in [0.25, 0.3) is 0 Å². The van der Waals surface area contributed by atoms with Gasteiger partial charge in [-0.2, -0.15) is 0 Å². The normalized spacial score (nSPS) is 29.8. The van der Waals surface area contributed by atoms with Crippen molar-refractivity contribution in [1.29, 1.82) is 0 Å². The summed E-state index contributed by atoms with van der Waals surface area (Å²) in [6.07, 6.45) is 1.39. The Bertz CT molecular complexity index is 315. The molecule has 2 aliphatic rings. The minimum Gasteiger partial charge on any atom is -0.316 e. The molecule has 0 bridgehead atoms. The van der Waals surface area contributed by atoms with E-state index in [1.165, 1.54) is 44.0 Å². The molecule has 0 spiro atoms. The van der Waals surface area contributed by atoms with Gasteiger partial charge in [0.2, 0.25) is 0 Å². The van der Waals surface area contributed by atoms with Crippen molar-refractivity contribution in [1.82, 2.24) is 10.2 Å². The fourth-order valence-electron chi connectivity index (χ4n) is 2.88. The Balaban J connectivity index is 0.000000963. The van der Waals surface area contributed by atoms with E-state index in [1.807, 2.05) is 11.3 Å². The molecule has 0 aliphatic carbocycles. The highest BCUT2D eigenvalue weighted by atomic mass is 35.5. The van der Waals surface area contributed by atoms with Gasteiger partial charge in [-0.05, 0) is 49.3 Å². The van der Waals surface area contributed by atoms with Crippen LogP contribution in [0, 0.1) is 11.8 Å². The van der Waals surface area contributed by atoms with Crippen LogP contribution in [0.5, 0.6) is 0 Å². The zero-order valence-corrected chi connectivity index (χ0v) is 11.0. The van der Waals surface area contributed by atoms with Gasteiger partial charge < -0.3 is 5.32 Å². The first-order valence-electron chi connectivity index (χ1n) is 5.87. The van der Waals surface area contributed by atoms with Crippen LogP contribution in [0.25, 0.3) is 0 Å². The predicted octanol–water partition coefficient (Wildman–Crippen LogP) is 2.21. The maximum Gasteiger partial charge on any atom is 0.0328 e. The number of likely N-dealkylation sites (tertiary alicyclic amines) is 1. The van der Waals surface area contributed by atoms with Crippen LogP contribution >= 0.6 is 23.7 Å². The van der Waals surface area contributed by atoms with E-state index in [1.54, 1.807) is 0 Å². The van der Waals surface area contributed by atoms with E-state index < -0.39 is 0 Å². The van der Waals surface area contributed by atoms with Gasteiger partial charge >= 0.3 is 0 Å². The van der Waals surface area contributed by atoms with Crippen LogP contribution in [0.4, 0.5) is 0 Å². The monoisotopic (exact) mass is 258 g/mol. The zero-order valence-electron chi connectivity index (χ0n) is 9.39. The number of thiophene rings is 1. The maximum atomic E-state index is 3.52. The van der Waals surface area contributed by atoms with E-state index in [0.717, 1.165) is 11.8 Å². The molecular weight excluding hydrogens is 240 g/mol. The van der Waals surface area contributed by atoms with Gasteiger partial charge in [-0.1, -0.05) is 6.07 Å². The highest BCUT2D eigenvalue weighted by Crippen LogP contribution is 2.27. The molecule has 3 rings (SSSR count). The Hall–Kier alpha value is -0.0900. The molecule has 0 saturated carbocycles. The van der Waals surface area contributed by atoms with Crippen molar-refractivity contribution in [3.8, 4) is 0 Å². The number of nitrogens with one attached hydrogen (secondary N) is 1. The average Bonchev–Trinajstić information content (AvgIpc) is 2.87. The van der Waals surface area contributed by atoms with E-state index in [4.69, 9.17) is 0 Å². The molecule has 16 heavy (non-hydrogen) atoms. The standard InChI is InChI=1S/C12H18N2S.ClH/c1-2-12(15-5-1)9-14-4-3-10-6-13-7-11(10)8-14;/h1-2,5,10-11,13H,3-4,6-9H2;1H. The summed E-state index contributed by atoms with van der Waals surface area (Å²) in [5.74, 6) is 1.88. The van der Waals surface area contributed by atoms with Gasteiger partial charge in [-0.3, -0.25) is 4.90 Å². The number of piperidine rings is 1. The number of fused-ring (bicyclic) bond motifs is 1. The van der Waals surface area contributed by atoms with E-state index in [-0.39, 0.29) is 12.4 Å². The van der Waals surface area contributed by atoms with Crippen molar-refractivity contribution in [3.05, 3.63) is 22.4 Å². The third kappa shape index (κ3) is 2.59. The van der Waals surface area contributed by atoms with Crippen molar-refractivity contribution < 1.29 is 0 Å². The van der Waals surface area contributed by atoms with Crippen LogP contribution in [-0.4, -0.2) is 31.1 Å². The van der Waals surface area contributed by atoms with Crippen molar-refractivity contribution in [2.45, 2.75) is 13.0 Å². The third-order valence-corrected chi connectivity index (χ3v) is 4.61. The van der Waals surface area contributed by atoms with Crippen molar-refractivity contribution in [2.75, 3.05) is 26.2 Å². The van der Waals surface area contributed by atoms with Gasteiger partial charge in [0.05, 0.1) is 0 Å². The summed E-state index contributed by atoms with van der Waals surface area (Å²) in [6.45, 7) is 6.26. The minimum absolute atomic E-state index is 0. The largest absolute Gasteiger partial charge is 0.316 e. The topological polar surface area (TPSA) is 15.3 Å². The molecule has 2 fully saturated rings.